The van der Waals surface area contributed by atoms with E-state index < -0.39 is 0 Å². The first kappa shape index (κ1) is 15.4. The lowest BCUT2D eigenvalue weighted by Crippen LogP contribution is -2.43. The molecule has 0 aromatic rings. The maximum Gasteiger partial charge on any atom is 0.230 e. The van der Waals surface area contributed by atoms with E-state index in [0.29, 0.717) is 10.9 Å². The van der Waals surface area contributed by atoms with Crippen molar-refractivity contribution in [2.45, 2.75) is 26.7 Å². The van der Waals surface area contributed by atoms with Crippen LogP contribution in [0.3, 0.4) is 0 Å². The minimum atomic E-state index is -0.341. The molecule has 1 unspecified atom stereocenters. The molecule has 4 nitrogen and oxygen atoms in total. The summed E-state index contributed by atoms with van der Waals surface area (Å²) >= 11 is 4.97. The summed E-state index contributed by atoms with van der Waals surface area (Å²) in [7, 11) is 2.14. The van der Waals surface area contributed by atoms with Crippen LogP contribution < -0.4 is 11.1 Å². The second-order valence-electron chi connectivity index (χ2n) is 5.62. The summed E-state index contributed by atoms with van der Waals surface area (Å²) in [5, 5.41) is 3.01. The summed E-state index contributed by atoms with van der Waals surface area (Å²) < 4.78 is 0. The van der Waals surface area contributed by atoms with Gasteiger partial charge in [0.15, 0.2) is 0 Å². The number of likely N-dealkylation sites (tertiary alicyclic amines) is 1. The van der Waals surface area contributed by atoms with Gasteiger partial charge in [-0.1, -0.05) is 26.1 Å². The molecule has 0 bridgehead atoms. The third-order valence-electron chi connectivity index (χ3n) is 3.66. The van der Waals surface area contributed by atoms with Crippen molar-refractivity contribution in [2.24, 2.45) is 23.5 Å². The highest BCUT2D eigenvalue weighted by Crippen LogP contribution is 2.16. The smallest absolute Gasteiger partial charge is 0.230 e. The lowest BCUT2D eigenvalue weighted by atomic mass is 9.93. The molecule has 0 aromatic heterocycles. The van der Waals surface area contributed by atoms with E-state index in [-0.39, 0.29) is 17.7 Å². The van der Waals surface area contributed by atoms with Gasteiger partial charge in [0.2, 0.25) is 5.91 Å². The first-order valence-electron chi connectivity index (χ1n) is 6.67. The zero-order chi connectivity index (χ0) is 13.7. The lowest BCUT2D eigenvalue weighted by molar-refractivity contribution is -0.124. The van der Waals surface area contributed by atoms with E-state index in [9.17, 15) is 4.79 Å². The van der Waals surface area contributed by atoms with Gasteiger partial charge < -0.3 is 16.0 Å². The van der Waals surface area contributed by atoms with E-state index in [1.807, 2.05) is 13.8 Å². The molecule has 3 N–H and O–H groups in total. The Morgan fingerprint density at radius 3 is 2.44 bits per heavy atom. The second-order valence-corrected chi connectivity index (χ2v) is 6.09. The number of nitrogens with zero attached hydrogens (tertiary/aromatic N) is 1. The molecule has 18 heavy (non-hydrogen) atoms. The summed E-state index contributed by atoms with van der Waals surface area (Å²) in [5.74, 6) is 0.381. The number of hydrogen-bond donors (Lipinski definition) is 2. The highest BCUT2D eigenvalue weighted by atomic mass is 32.1. The molecule has 0 saturated carbocycles. The number of piperidine rings is 1. The highest BCUT2D eigenvalue weighted by Gasteiger charge is 2.26. The number of carbonyl (C=O) groups is 1. The summed E-state index contributed by atoms with van der Waals surface area (Å²) in [4.78, 5) is 14.7. The quantitative estimate of drug-likeness (QED) is 0.733. The summed E-state index contributed by atoms with van der Waals surface area (Å²) in [5.41, 5.74) is 5.63. The van der Waals surface area contributed by atoms with E-state index in [0.717, 1.165) is 32.5 Å². The summed E-state index contributed by atoms with van der Waals surface area (Å²) in [6.07, 6.45) is 2.30. The van der Waals surface area contributed by atoms with Crippen molar-refractivity contribution in [3.8, 4) is 0 Å². The fraction of sp³-hybridized carbons (Fsp3) is 0.846. The Bertz CT molecular complexity index is 299. The van der Waals surface area contributed by atoms with E-state index in [1.165, 1.54) is 0 Å². The van der Waals surface area contributed by atoms with Crippen molar-refractivity contribution in [3.63, 3.8) is 0 Å². The van der Waals surface area contributed by atoms with Gasteiger partial charge in [-0.15, -0.1) is 0 Å². The van der Waals surface area contributed by atoms with Gasteiger partial charge in [-0.3, -0.25) is 4.79 Å². The first-order valence-corrected chi connectivity index (χ1v) is 7.08. The van der Waals surface area contributed by atoms with Crippen LogP contribution in [0.5, 0.6) is 0 Å². The van der Waals surface area contributed by atoms with E-state index in [4.69, 9.17) is 18.0 Å². The van der Waals surface area contributed by atoms with Gasteiger partial charge in [-0.05, 0) is 44.8 Å². The van der Waals surface area contributed by atoms with Crippen LogP contribution in [0, 0.1) is 17.8 Å². The van der Waals surface area contributed by atoms with Crippen LogP contribution in [0.15, 0.2) is 0 Å². The van der Waals surface area contributed by atoms with Crippen molar-refractivity contribution in [3.05, 3.63) is 0 Å². The minimum Gasteiger partial charge on any atom is -0.393 e. The number of nitrogens with two attached hydrogens (primary N) is 1. The van der Waals surface area contributed by atoms with Crippen LogP contribution in [0.25, 0.3) is 0 Å². The molecule has 1 aliphatic rings. The van der Waals surface area contributed by atoms with E-state index in [2.05, 4.69) is 17.3 Å². The van der Waals surface area contributed by atoms with Crippen LogP contribution in [0.4, 0.5) is 0 Å². The molecule has 1 rings (SSSR count). The average Bonchev–Trinajstić information content (AvgIpc) is 2.27. The molecule has 0 radical (unpaired) electrons. The molecule has 0 aromatic carbocycles. The Morgan fingerprint density at radius 1 is 1.44 bits per heavy atom. The number of thiocarbonyl (C=S) groups is 1. The van der Waals surface area contributed by atoms with Gasteiger partial charge in [-0.25, -0.2) is 0 Å². The molecule has 1 aliphatic heterocycles. The number of hydrogen-bond acceptors (Lipinski definition) is 3. The van der Waals surface area contributed by atoms with Gasteiger partial charge in [0.05, 0.1) is 10.9 Å². The average molecular weight is 271 g/mol. The van der Waals surface area contributed by atoms with Crippen molar-refractivity contribution in [1.29, 1.82) is 0 Å². The SMILES string of the molecule is CC(C)C(C(=O)NCC1CCN(C)CC1)C(N)=S. The molecular weight excluding hydrogens is 246 g/mol. The third-order valence-corrected chi connectivity index (χ3v) is 3.91. The first-order chi connectivity index (χ1) is 8.41. The predicted molar refractivity (Wildman–Crippen MR) is 78.3 cm³/mol. The molecule has 1 fully saturated rings. The molecule has 1 saturated heterocycles. The number of rotatable bonds is 5. The van der Waals surface area contributed by atoms with Gasteiger partial charge in [0.1, 0.15) is 0 Å². The van der Waals surface area contributed by atoms with Crippen molar-refractivity contribution < 1.29 is 4.79 Å². The Kier molecular flexibility index (Phi) is 6.02. The maximum absolute atomic E-state index is 12.0. The standard InChI is InChI=1S/C13H25N3OS/c1-9(2)11(12(14)18)13(17)15-8-10-4-6-16(3)7-5-10/h9-11H,4-8H2,1-3H3,(H2,14,18)(H,15,17). The normalized spacial score (nSPS) is 19.8. The monoisotopic (exact) mass is 271 g/mol. The Labute approximate surface area is 115 Å². The van der Waals surface area contributed by atoms with E-state index >= 15 is 0 Å². The number of carbonyl (C=O) groups excluding carboxylic acids is 1. The minimum absolute atomic E-state index is 0.0172. The Hall–Kier alpha value is -0.680. The zero-order valence-corrected chi connectivity index (χ0v) is 12.4. The molecule has 1 atom stereocenters. The number of nitrogens with one attached hydrogen (secondary N) is 1. The predicted octanol–water partition coefficient (Wildman–Crippen LogP) is 1.00. The molecule has 1 amide bonds. The van der Waals surface area contributed by atoms with Gasteiger partial charge in [0.25, 0.3) is 0 Å². The molecule has 0 aliphatic carbocycles. The molecule has 0 spiro atoms. The molecule has 1 heterocycles. The van der Waals surface area contributed by atoms with Gasteiger partial charge >= 0.3 is 0 Å². The molecular formula is C13H25N3OS. The van der Waals surface area contributed by atoms with Crippen LogP contribution in [0.2, 0.25) is 0 Å². The lowest BCUT2D eigenvalue weighted by Gasteiger charge is -2.29. The summed E-state index contributed by atoms with van der Waals surface area (Å²) in [6.45, 7) is 6.92. The fourth-order valence-electron chi connectivity index (χ4n) is 2.38. The van der Waals surface area contributed by atoms with Crippen LogP contribution in [0.1, 0.15) is 26.7 Å². The van der Waals surface area contributed by atoms with Crippen LogP contribution in [-0.2, 0) is 4.79 Å². The van der Waals surface area contributed by atoms with Gasteiger partial charge in [-0.2, -0.15) is 0 Å². The third kappa shape index (κ3) is 4.53. The van der Waals surface area contributed by atoms with Crippen molar-refractivity contribution >= 4 is 23.1 Å². The number of amides is 1. The highest BCUT2D eigenvalue weighted by molar-refractivity contribution is 7.80. The van der Waals surface area contributed by atoms with Crippen LogP contribution >= 0.6 is 12.2 Å². The van der Waals surface area contributed by atoms with Gasteiger partial charge in [0, 0.05) is 6.54 Å². The van der Waals surface area contributed by atoms with Crippen molar-refractivity contribution in [2.75, 3.05) is 26.7 Å². The Balaban J connectivity index is 2.38. The topological polar surface area (TPSA) is 58.4 Å². The largest absolute Gasteiger partial charge is 0.393 e. The second kappa shape index (κ2) is 7.04. The molecule has 5 heteroatoms. The molecule has 104 valence electrons. The van der Waals surface area contributed by atoms with E-state index in [1.54, 1.807) is 0 Å². The summed E-state index contributed by atoms with van der Waals surface area (Å²) in [6, 6.07) is 0. The van der Waals surface area contributed by atoms with Crippen LogP contribution in [-0.4, -0.2) is 42.5 Å². The Morgan fingerprint density at radius 2 is 2.00 bits per heavy atom. The fourth-order valence-corrected chi connectivity index (χ4v) is 2.76. The zero-order valence-electron chi connectivity index (χ0n) is 11.6. The van der Waals surface area contributed by atoms with Crippen molar-refractivity contribution in [1.82, 2.24) is 10.2 Å². The maximum atomic E-state index is 12.0.